The lowest BCUT2D eigenvalue weighted by Gasteiger charge is -2.14. The topological polar surface area (TPSA) is 43.4 Å². The van der Waals surface area contributed by atoms with Crippen LogP contribution in [0.1, 0.15) is 5.56 Å². The zero-order chi connectivity index (χ0) is 16.8. The molecule has 1 aliphatic rings. The smallest absolute Gasteiger partial charge is 0.231 e. The fourth-order valence-electron chi connectivity index (χ4n) is 3.28. The average molecular weight is 328 g/mol. The lowest BCUT2D eigenvalue weighted by Crippen LogP contribution is -1.95. The molecule has 4 nitrogen and oxygen atoms in total. The number of benzene rings is 3. The molecule has 0 saturated carbocycles. The first-order chi connectivity index (χ1) is 12.3. The van der Waals surface area contributed by atoms with Gasteiger partial charge in [0.1, 0.15) is 0 Å². The maximum Gasteiger partial charge on any atom is 0.231 e. The molecule has 5 rings (SSSR count). The number of aromatic nitrogens is 1. The van der Waals surface area contributed by atoms with E-state index in [-0.39, 0.29) is 6.79 Å². The van der Waals surface area contributed by atoms with Gasteiger partial charge in [-0.2, -0.15) is 0 Å². The summed E-state index contributed by atoms with van der Waals surface area (Å²) in [5, 5.41) is 5.68. The summed E-state index contributed by atoms with van der Waals surface area (Å²) < 4.78 is 11.1. The molecule has 0 unspecified atom stereocenters. The first-order valence-corrected chi connectivity index (χ1v) is 8.24. The molecular formula is C21H16N2O2. The average Bonchev–Trinajstić information content (AvgIpc) is 3.07. The van der Waals surface area contributed by atoms with E-state index in [4.69, 9.17) is 14.5 Å². The standard InChI is InChI=1S/C21H16N2O2/c1-13-5-4-6-14(9-13)22-21-15-7-2-3-8-17(15)23-18-11-20-19(10-16(18)21)24-12-25-20/h2-11H,12H2,1H3,(H,22,23). The summed E-state index contributed by atoms with van der Waals surface area (Å²) in [6.07, 6.45) is 0. The van der Waals surface area contributed by atoms with E-state index in [2.05, 4.69) is 42.6 Å². The summed E-state index contributed by atoms with van der Waals surface area (Å²) in [7, 11) is 0. The van der Waals surface area contributed by atoms with Crippen molar-refractivity contribution in [3.05, 3.63) is 66.2 Å². The van der Waals surface area contributed by atoms with Crippen LogP contribution in [0.5, 0.6) is 11.5 Å². The van der Waals surface area contributed by atoms with Crippen LogP contribution in [-0.4, -0.2) is 11.8 Å². The first-order valence-electron chi connectivity index (χ1n) is 8.24. The Labute approximate surface area is 145 Å². The van der Waals surface area contributed by atoms with E-state index >= 15 is 0 Å². The van der Waals surface area contributed by atoms with Crippen LogP contribution in [0.15, 0.2) is 60.7 Å². The predicted octanol–water partition coefficient (Wildman–Crippen LogP) is 5.17. The highest BCUT2D eigenvalue weighted by Crippen LogP contribution is 2.41. The largest absolute Gasteiger partial charge is 0.454 e. The highest BCUT2D eigenvalue weighted by Gasteiger charge is 2.18. The molecule has 2 heterocycles. The molecule has 1 aromatic heterocycles. The first kappa shape index (κ1) is 14.1. The number of aryl methyl sites for hydroxylation is 1. The van der Waals surface area contributed by atoms with Gasteiger partial charge in [-0.1, -0.05) is 30.3 Å². The number of anilines is 2. The molecule has 0 spiro atoms. The van der Waals surface area contributed by atoms with Crippen LogP contribution in [0.2, 0.25) is 0 Å². The number of nitrogens with one attached hydrogen (secondary N) is 1. The Morgan fingerprint density at radius 3 is 2.56 bits per heavy atom. The number of pyridine rings is 1. The molecule has 4 heteroatoms. The van der Waals surface area contributed by atoms with Crippen LogP contribution >= 0.6 is 0 Å². The maximum absolute atomic E-state index is 5.57. The number of ether oxygens (including phenoxy) is 2. The van der Waals surface area contributed by atoms with Gasteiger partial charge in [-0.05, 0) is 36.8 Å². The van der Waals surface area contributed by atoms with E-state index in [0.717, 1.165) is 44.7 Å². The Kier molecular flexibility index (Phi) is 3.04. The van der Waals surface area contributed by atoms with E-state index in [1.807, 2.05) is 30.3 Å². The quantitative estimate of drug-likeness (QED) is 0.516. The fourth-order valence-corrected chi connectivity index (χ4v) is 3.28. The van der Waals surface area contributed by atoms with Crippen molar-refractivity contribution >= 4 is 33.2 Å². The Balaban J connectivity index is 1.80. The third-order valence-electron chi connectivity index (χ3n) is 4.46. The van der Waals surface area contributed by atoms with Crippen molar-refractivity contribution in [2.45, 2.75) is 6.92 Å². The van der Waals surface area contributed by atoms with Gasteiger partial charge in [0.25, 0.3) is 0 Å². The van der Waals surface area contributed by atoms with Crippen molar-refractivity contribution in [2.24, 2.45) is 0 Å². The molecule has 122 valence electrons. The number of hydrogen-bond donors (Lipinski definition) is 1. The van der Waals surface area contributed by atoms with Crippen LogP contribution in [-0.2, 0) is 0 Å². The van der Waals surface area contributed by atoms with Gasteiger partial charge in [0.15, 0.2) is 11.5 Å². The molecule has 0 bridgehead atoms. The minimum absolute atomic E-state index is 0.256. The summed E-state index contributed by atoms with van der Waals surface area (Å²) in [5.74, 6) is 1.51. The molecule has 1 aliphatic heterocycles. The van der Waals surface area contributed by atoms with E-state index in [1.54, 1.807) is 0 Å². The second-order valence-electron chi connectivity index (χ2n) is 6.22. The molecular weight excluding hydrogens is 312 g/mol. The Morgan fingerprint density at radius 2 is 1.68 bits per heavy atom. The normalized spacial score (nSPS) is 12.7. The second-order valence-corrected chi connectivity index (χ2v) is 6.22. The van der Waals surface area contributed by atoms with Gasteiger partial charge in [-0.3, -0.25) is 0 Å². The van der Waals surface area contributed by atoms with Gasteiger partial charge in [0.05, 0.1) is 16.7 Å². The molecule has 0 radical (unpaired) electrons. The van der Waals surface area contributed by atoms with E-state index in [0.29, 0.717) is 0 Å². The third kappa shape index (κ3) is 2.34. The van der Waals surface area contributed by atoms with E-state index in [1.165, 1.54) is 5.56 Å². The van der Waals surface area contributed by atoms with Crippen molar-refractivity contribution in [1.29, 1.82) is 0 Å². The number of para-hydroxylation sites is 1. The summed E-state index contributed by atoms with van der Waals surface area (Å²) in [6.45, 7) is 2.35. The predicted molar refractivity (Wildman–Crippen MR) is 99.8 cm³/mol. The van der Waals surface area contributed by atoms with E-state index < -0.39 is 0 Å². The molecule has 0 fully saturated rings. The van der Waals surface area contributed by atoms with Crippen molar-refractivity contribution in [1.82, 2.24) is 4.98 Å². The zero-order valence-corrected chi connectivity index (χ0v) is 13.7. The SMILES string of the molecule is Cc1cccc(Nc2c3ccccc3nc3cc4c(cc23)OCO4)c1. The third-order valence-corrected chi connectivity index (χ3v) is 4.46. The zero-order valence-electron chi connectivity index (χ0n) is 13.7. The van der Waals surface area contributed by atoms with Crippen LogP contribution in [0.4, 0.5) is 11.4 Å². The van der Waals surface area contributed by atoms with Gasteiger partial charge >= 0.3 is 0 Å². The fraction of sp³-hybridized carbons (Fsp3) is 0.0952. The number of hydrogen-bond acceptors (Lipinski definition) is 4. The number of fused-ring (bicyclic) bond motifs is 3. The van der Waals surface area contributed by atoms with Crippen molar-refractivity contribution in [2.75, 3.05) is 12.1 Å². The molecule has 0 amide bonds. The Hall–Kier alpha value is -3.27. The Bertz CT molecular complexity index is 1120. The van der Waals surface area contributed by atoms with Crippen molar-refractivity contribution < 1.29 is 9.47 Å². The molecule has 0 atom stereocenters. The van der Waals surface area contributed by atoms with Crippen LogP contribution in [0, 0.1) is 6.92 Å². The molecule has 1 N–H and O–H groups in total. The summed E-state index contributed by atoms with van der Waals surface area (Å²) in [4.78, 5) is 4.80. The highest BCUT2D eigenvalue weighted by atomic mass is 16.7. The van der Waals surface area contributed by atoms with Crippen LogP contribution in [0.3, 0.4) is 0 Å². The maximum atomic E-state index is 5.57. The molecule has 4 aromatic rings. The van der Waals surface area contributed by atoms with Crippen LogP contribution in [0.25, 0.3) is 21.8 Å². The van der Waals surface area contributed by atoms with Crippen molar-refractivity contribution in [3.8, 4) is 11.5 Å². The summed E-state index contributed by atoms with van der Waals surface area (Å²) in [6, 6.07) is 20.5. The summed E-state index contributed by atoms with van der Waals surface area (Å²) in [5.41, 5.74) is 5.13. The van der Waals surface area contributed by atoms with Crippen molar-refractivity contribution in [3.63, 3.8) is 0 Å². The van der Waals surface area contributed by atoms with Gasteiger partial charge in [-0.25, -0.2) is 4.98 Å². The number of rotatable bonds is 2. The molecule has 0 aliphatic carbocycles. The highest BCUT2D eigenvalue weighted by molar-refractivity contribution is 6.09. The second kappa shape index (κ2) is 5.38. The van der Waals surface area contributed by atoms with Gasteiger partial charge in [0.2, 0.25) is 6.79 Å². The lowest BCUT2D eigenvalue weighted by atomic mass is 10.1. The summed E-state index contributed by atoms with van der Waals surface area (Å²) >= 11 is 0. The minimum atomic E-state index is 0.256. The van der Waals surface area contributed by atoms with Gasteiger partial charge in [-0.15, -0.1) is 0 Å². The molecule has 3 aromatic carbocycles. The van der Waals surface area contributed by atoms with E-state index in [9.17, 15) is 0 Å². The molecule has 25 heavy (non-hydrogen) atoms. The van der Waals surface area contributed by atoms with Crippen LogP contribution < -0.4 is 14.8 Å². The monoisotopic (exact) mass is 328 g/mol. The minimum Gasteiger partial charge on any atom is -0.454 e. The molecule has 0 saturated heterocycles. The lowest BCUT2D eigenvalue weighted by molar-refractivity contribution is 0.174. The Morgan fingerprint density at radius 1 is 0.840 bits per heavy atom. The van der Waals surface area contributed by atoms with Gasteiger partial charge < -0.3 is 14.8 Å². The van der Waals surface area contributed by atoms with Gasteiger partial charge in [0, 0.05) is 22.5 Å². The number of nitrogens with zero attached hydrogens (tertiary/aromatic N) is 1.